The summed E-state index contributed by atoms with van der Waals surface area (Å²) in [6.45, 7) is 13.2. The van der Waals surface area contributed by atoms with Gasteiger partial charge < -0.3 is 30.6 Å². The Hall–Kier alpha value is -3.12. The Morgan fingerprint density at radius 3 is 0.342 bits per heavy atom. The molecule has 0 saturated heterocycles. The van der Waals surface area contributed by atoms with Crippen LogP contribution in [0.4, 0.5) is 0 Å². The number of carboxylic acids is 6. The van der Waals surface area contributed by atoms with E-state index in [0.29, 0.717) is 38.5 Å². The van der Waals surface area contributed by atoms with Crippen LogP contribution in [-0.2, 0) is 28.8 Å². The predicted octanol–water partition coefficient (Wildman–Crippen LogP) is 18.1. The van der Waals surface area contributed by atoms with Crippen LogP contribution in [0.5, 0.6) is 0 Å². The summed E-state index contributed by atoms with van der Waals surface area (Å²) in [6, 6.07) is 0. The highest BCUT2D eigenvalue weighted by Gasteiger charge is 2.00. The highest BCUT2D eigenvalue weighted by atomic mass is 16.4. The van der Waals surface area contributed by atoms with Gasteiger partial charge in [0.25, 0.3) is 0 Å². The Morgan fingerprint density at radius 1 is 0.178 bits per heavy atom. The molecule has 0 aliphatic heterocycles. The highest BCUT2D eigenvalue weighted by molar-refractivity contribution is 5.75. The van der Waals surface area contributed by atoms with Crippen molar-refractivity contribution < 1.29 is 59.4 Å². The lowest BCUT2D eigenvalue weighted by Crippen LogP contribution is -1.93. The molecule has 0 radical (unpaired) electrons. The van der Waals surface area contributed by atoms with Crippen molar-refractivity contribution in [1.82, 2.24) is 0 Å². The van der Waals surface area contributed by atoms with Crippen LogP contribution in [0.1, 0.15) is 350 Å². The van der Waals surface area contributed by atoms with Crippen LogP contribution in [0.2, 0.25) is 0 Å². The largest absolute Gasteiger partial charge is 0.481 e. The first-order valence-electron chi connectivity index (χ1n) is 29.9. The van der Waals surface area contributed by atoms with E-state index in [9.17, 15) is 28.8 Å². The van der Waals surface area contributed by atoms with Gasteiger partial charge >= 0.3 is 35.8 Å². The topological polar surface area (TPSA) is 224 Å². The van der Waals surface area contributed by atoms with Gasteiger partial charge in [-0.25, -0.2) is 0 Å². The van der Waals surface area contributed by atoms with Crippen molar-refractivity contribution in [3.05, 3.63) is 0 Å². The summed E-state index contributed by atoms with van der Waals surface area (Å²) in [7, 11) is 0. The lowest BCUT2D eigenvalue weighted by molar-refractivity contribution is -0.138. The molecule has 438 valence electrons. The summed E-state index contributed by atoms with van der Waals surface area (Å²) in [6.07, 6.45) is 51.9. The average Bonchev–Trinajstić information content (AvgIpc) is 3.33. The normalized spacial score (nSPS) is 9.95. The lowest BCUT2D eigenvalue weighted by Gasteiger charge is -1.98. The van der Waals surface area contributed by atoms with Crippen LogP contribution in [0.25, 0.3) is 0 Å². The third-order valence-corrected chi connectivity index (χ3v) is 12.0. The molecule has 0 aromatic rings. The van der Waals surface area contributed by atoms with E-state index >= 15 is 0 Å². The maximum atomic E-state index is 10.1. The predicted molar refractivity (Wildman–Crippen MR) is 311 cm³/mol. The molecule has 0 aromatic carbocycles. The Balaban J connectivity index is -0.000000143. The zero-order valence-electron chi connectivity index (χ0n) is 48.1. The first kappa shape index (κ1) is 83.9. The van der Waals surface area contributed by atoms with Crippen molar-refractivity contribution in [1.29, 1.82) is 0 Å². The average molecular weight is 1050 g/mol. The first-order valence-corrected chi connectivity index (χ1v) is 29.9. The number of hydrogen-bond acceptors (Lipinski definition) is 6. The minimum Gasteiger partial charge on any atom is -0.481 e. The van der Waals surface area contributed by atoms with Crippen molar-refractivity contribution in [2.24, 2.45) is 0 Å². The van der Waals surface area contributed by atoms with E-state index < -0.39 is 35.8 Å². The molecule has 0 aromatic heterocycles. The molecular formula is C60H123BO12. The summed E-state index contributed by atoms with van der Waals surface area (Å²) in [5, 5.41) is 50.1. The number of hydrogen-bond donors (Lipinski definition) is 6. The van der Waals surface area contributed by atoms with Gasteiger partial charge in [0.05, 0.1) is 8.41 Å². The third-order valence-electron chi connectivity index (χ3n) is 12.0. The maximum Gasteiger partial charge on any atom is 0.303 e. The zero-order valence-corrected chi connectivity index (χ0v) is 48.1. The second kappa shape index (κ2) is 80.3. The Morgan fingerprint density at radius 2 is 0.260 bits per heavy atom. The fourth-order valence-corrected chi connectivity index (χ4v) is 7.40. The van der Waals surface area contributed by atoms with Gasteiger partial charge in [-0.2, -0.15) is 0 Å². The molecule has 0 atom stereocenters. The van der Waals surface area contributed by atoms with Crippen LogP contribution in [-0.4, -0.2) is 74.9 Å². The van der Waals surface area contributed by atoms with E-state index in [-0.39, 0.29) is 8.41 Å². The van der Waals surface area contributed by atoms with Crippen LogP contribution in [0.15, 0.2) is 0 Å². The fraction of sp³-hybridized carbons (Fsp3) is 0.900. The molecule has 0 fully saturated rings. The molecule has 13 heteroatoms. The molecule has 0 spiro atoms. The number of aliphatic carboxylic acids is 6. The molecule has 6 N–H and O–H groups in total. The standard InChI is InChI=1S/6C10H20O2.BH3/c6*1-2-3-4-5-6-7-8-9-10(11)12;/h6*2-9H2,1H3,(H,11,12);1H3. The molecule has 73 heavy (non-hydrogen) atoms. The molecule has 0 heterocycles. The van der Waals surface area contributed by atoms with Gasteiger partial charge in [0.15, 0.2) is 0 Å². The van der Waals surface area contributed by atoms with Crippen molar-refractivity contribution in [3.63, 3.8) is 0 Å². The van der Waals surface area contributed by atoms with Gasteiger partial charge in [0, 0.05) is 38.5 Å². The van der Waals surface area contributed by atoms with Gasteiger partial charge in [0.1, 0.15) is 0 Å². The second-order valence-corrected chi connectivity index (χ2v) is 19.6. The summed E-state index contributed by atoms with van der Waals surface area (Å²) in [5.41, 5.74) is 0. The number of carbonyl (C=O) groups is 6. The minimum absolute atomic E-state index is 0. The molecule has 12 nitrogen and oxygen atoms in total. The monoisotopic (exact) mass is 1050 g/mol. The van der Waals surface area contributed by atoms with Gasteiger partial charge in [0.2, 0.25) is 0 Å². The van der Waals surface area contributed by atoms with Crippen molar-refractivity contribution in [2.45, 2.75) is 350 Å². The zero-order chi connectivity index (χ0) is 55.4. The quantitative estimate of drug-likeness (QED) is 0.0247. The highest BCUT2D eigenvalue weighted by Crippen LogP contribution is 2.12. The second-order valence-electron chi connectivity index (χ2n) is 19.6. The van der Waals surface area contributed by atoms with Gasteiger partial charge in [-0.3, -0.25) is 28.8 Å². The summed E-state index contributed by atoms with van der Waals surface area (Å²) >= 11 is 0. The first-order chi connectivity index (χ1) is 34.6. The minimum atomic E-state index is -0.663. The van der Waals surface area contributed by atoms with Gasteiger partial charge in [-0.15, -0.1) is 0 Å². The number of unbranched alkanes of at least 4 members (excludes halogenated alkanes) is 36. The lowest BCUT2D eigenvalue weighted by atomic mass is 10.1. The van der Waals surface area contributed by atoms with Crippen LogP contribution < -0.4 is 0 Å². The molecule has 0 saturated carbocycles. The molecule has 0 unspecified atom stereocenters. The van der Waals surface area contributed by atoms with E-state index in [2.05, 4.69) is 41.5 Å². The molecule has 0 aliphatic carbocycles. The summed E-state index contributed by atoms with van der Waals surface area (Å²) < 4.78 is 0. The van der Waals surface area contributed by atoms with Crippen molar-refractivity contribution in [2.75, 3.05) is 0 Å². The third kappa shape index (κ3) is 119. The fourth-order valence-electron chi connectivity index (χ4n) is 7.40. The van der Waals surface area contributed by atoms with Crippen molar-refractivity contribution >= 4 is 44.2 Å². The van der Waals surface area contributed by atoms with Crippen LogP contribution >= 0.6 is 0 Å². The summed E-state index contributed by atoms with van der Waals surface area (Å²) in [4.78, 5) is 60.8. The van der Waals surface area contributed by atoms with Crippen LogP contribution in [0, 0.1) is 0 Å². The van der Waals surface area contributed by atoms with Gasteiger partial charge in [-0.05, 0) is 38.5 Å². The number of carboxylic acid groups (broad SMARTS) is 6. The molecule has 0 aliphatic rings. The van der Waals surface area contributed by atoms with E-state index in [1.807, 2.05) is 0 Å². The van der Waals surface area contributed by atoms with Crippen molar-refractivity contribution in [3.8, 4) is 0 Å². The molecule has 0 rings (SSSR count). The van der Waals surface area contributed by atoms with E-state index in [0.717, 1.165) is 77.0 Å². The Kier molecular flexibility index (Phi) is 92.2. The molecule has 0 bridgehead atoms. The van der Waals surface area contributed by atoms with Gasteiger partial charge in [-0.1, -0.05) is 273 Å². The molecular weight excluding hydrogens is 923 g/mol. The van der Waals surface area contributed by atoms with E-state index in [1.54, 1.807) is 0 Å². The molecule has 0 amide bonds. The van der Waals surface area contributed by atoms with Crippen LogP contribution in [0.3, 0.4) is 0 Å². The smallest absolute Gasteiger partial charge is 0.303 e. The Labute approximate surface area is 451 Å². The van der Waals surface area contributed by atoms with E-state index in [1.165, 1.54) is 193 Å². The number of rotatable bonds is 48. The summed E-state index contributed by atoms with van der Waals surface area (Å²) in [5.74, 6) is -3.98. The SMILES string of the molecule is B.CCCCCCCCCC(=O)O.CCCCCCCCCC(=O)O.CCCCCCCCCC(=O)O.CCCCCCCCCC(=O)O.CCCCCCCCCC(=O)O.CCCCCCCCCC(=O)O. The maximum absolute atomic E-state index is 10.1. The van der Waals surface area contributed by atoms with E-state index in [4.69, 9.17) is 30.6 Å². The Bertz CT molecular complexity index is 887.